The molecule has 2 heterocycles. The zero-order valence-electron chi connectivity index (χ0n) is 5.97. The summed E-state index contributed by atoms with van der Waals surface area (Å²) in [6.45, 7) is 0.989. The second kappa shape index (κ2) is 2.66. The summed E-state index contributed by atoms with van der Waals surface area (Å²) in [5, 5.41) is 11.3. The van der Waals surface area contributed by atoms with Crippen LogP contribution in [0, 0.1) is 0 Å². The molecule has 1 aliphatic heterocycles. The predicted octanol–water partition coefficient (Wildman–Crippen LogP) is 1.49. The number of rotatable bonds is 0. The number of fused-ring (bicyclic) bond motifs is 1. The van der Waals surface area contributed by atoms with Crippen molar-refractivity contribution >= 4 is 17.4 Å². The average molecular weight is 170 g/mol. The Kier molecular flexibility index (Phi) is 1.66. The lowest BCUT2D eigenvalue weighted by atomic mass is 10.1. The summed E-state index contributed by atoms with van der Waals surface area (Å²) in [7, 11) is 0. The topological polar surface area (TPSA) is 37.8 Å². The molecule has 1 aliphatic rings. The lowest BCUT2D eigenvalue weighted by Crippen LogP contribution is -2.13. The highest BCUT2D eigenvalue weighted by molar-refractivity contribution is 6.29. The predicted molar refractivity (Wildman–Crippen MR) is 43.9 cm³/mol. The zero-order chi connectivity index (χ0) is 7.68. The SMILES string of the molecule is Clc1cc2c(nn1)NCCC2. The van der Waals surface area contributed by atoms with Gasteiger partial charge in [0.1, 0.15) is 0 Å². The summed E-state index contributed by atoms with van der Waals surface area (Å²) in [5.41, 5.74) is 1.18. The maximum atomic E-state index is 5.68. The Labute approximate surface area is 69.8 Å². The van der Waals surface area contributed by atoms with Crippen molar-refractivity contribution in [1.82, 2.24) is 10.2 Å². The van der Waals surface area contributed by atoms with Crippen molar-refractivity contribution in [3.8, 4) is 0 Å². The first-order chi connectivity index (χ1) is 5.36. The Morgan fingerprint density at radius 1 is 1.45 bits per heavy atom. The molecule has 3 nitrogen and oxygen atoms in total. The lowest BCUT2D eigenvalue weighted by molar-refractivity contribution is 0.801. The van der Waals surface area contributed by atoms with Gasteiger partial charge in [-0.2, -0.15) is 0 Å². The van der Waals surface area contributed by atoms with E-state index in [-0.39, 0.29) is 0 Å². The molecule has 0 amide bonds. The number of halogens is 1. The number of nitrogens with zero attached hydrogens (tertiary/aromatic N) is 2. The van der Waals surface area contributed by atoms with Gasteiger partial charge in [-0.05, 0) is 24.5 Å². The number of nitrogens with one attached hydrogen (secondary N) is 1. The van der Waals surface area contributed by atoms with Crippen molar-refractivity contribution in [1.29, 1.82) is 0 Å². The third kappa shape index (κ3) is 1.28. The van der Waals surface area contributed by atoms with Crippen LogP contribution in [0.25, 0.3) is 0 Å². The van der Waals surface area contributed by atoms with Gasteiger partial charge in [-0.3, -0.25) is 0 Å². The van der Waals surface area contributed by atoms with Gasteiger partial charge >= 0.3 is 0 Å². The molecule has 1 aromatic rings. The molecular formula is C7H8ClN3. The molecule has 11 heavy (non-hydrogen) atoms. The van der Waals surface area contributed by atoms with Gasteiger partial charge in [0.15, 0.2) is 11.0 Å². The van der Waals surface area contributed by atoms with Gasteiger partial charge in [0.2, 0.25) is 0 Å². The maximum Gasteiger partial charge on any atom is 0.152 e. The Bertz CT molecular complexity index is 274. The normalized spacial score (nSPS) is 15.4. The van der Waals surface area contributed by atoms with Crippen molar-refractivity contribution in [2.24, 2.45) is 0 Å². The van der Waals surface area contributed by atoms with Crippen LogP contribution in [0.2, 0.25) is 5.15 Å². The zero-order valence-corrected chi connectivity index (χ0v) is 6.73. The molecule has 0 atom stereocenters. The molecule has 0 saturated heterocycles. The van der Waals surface area contributed by atoms with Crippen LogP contribution in [0.4, 0.5) is 5.82 Å². The Hall–Kier alpha value is -0.830. The van der Waals surface area contributed by atoms with Crippen LogP contribution in [-0.4, -0.2) is 16.7 Å². The fourth-order valence-electron chi connectivity index (χ4n) is 1.23. The summed E-state index contributed by atoms with van der Waals surface area (Å²) in [6.07, 6.45) is 2.20. The molecule has 0 saturated carbocycles. The molecule has 58 valence electrons. The van der Waals surface area contributed by atoms with Crippen molar-refractivity contribution < 1.29 is 0 Å². The second-order valence-electron chi connectivity index (χ2n) is 2.57. The van der Waals surface area contributed by atoms with E-state index < -0.39 is 0 Å². The highest BCUT2D eigenvalue weighted by Crippen LogP contribution is 2.19. The monoisotopic (exact) mass is 169 g/mol. The number of hydrogen-bond acceptors (Lipinski definition) is 3. The van der Waals surface area contributed by atoms with Crippen LogP contribution in [-0.2, 0) is 6.42 Å². The number of hydrogen-bond donors (Lipinski definition) is 1. The molecule has 0 unspecified atom stereocenters. The highest BCUT2D eigenvalue weighted by Gasteiger charge is 2.09. The molecule has 0 aromatic carbocycles. The van der Waals surface area contributed by atoms with E-state index in [0.717, 1.165) is 25.2 Å². The van der Waals surface area contributed by atoms with E-state index in [4.69, 9.17) is 11.6 Å². The quantitative estimate of drug-likeness (QED) is 0.640. The molecule has 1 aromatic heterocycles. The summed E-state index contributed by atoms with van der Waals surface area (Å²) in [5.74, 6) is 0.889. The van der Waals surface area contributed by atoms with E-state index in [1.54, 1.807) is 0 Å². The summed E-state index contributed by atoms with van der Waals surface area (Å²) >= 11 is 5.68. The minimum absolute atomic E-state index is 0.479. The first kappa shape index (κ1) is 6.85. The molecule has 1 N–H and O–H groups in total. The molecule has 0 spiro atoms. The van der Waals surface area contributed by atoms with Crippen molar-refractivity contribution in [3.05, 3.63) is 16.8 Å². The van der Waals surface area contributed by atoms with E-state index in [0.29, 0.717) is 5.15 Å². The number of anilines is 1. The number of aryl methyl sites for hydroxylation is 1. The summed E-state index contributed by atoms with van der Waals surface area (Å²) in [4.78, 5) is 0. The van der Waals surface area contributed by atoms with Crippen molar-refractivity contribution in [2.45, 2.75) is 12.8 Å². The van der Waals surface area contributed by atoms with Crippen molar-refractivity contribution in [2.75, 3.05) is 11.9 Å². The molecule has 2 rings (SSSR count). The van der Waals surface area contributed by atoms with Crippen LogP contribution in [0.15, 0.2) is 6.07 Å². The number of aromatic nitrogens is 2. The van der Waals surface area contributed by atoms with Gasteiger partial charge in [0.25, 0.3) is 0 Å². The van der Waals surface area contributed by atoms with Crippen LogP contribution in [0.5, 0.6) is 0 Å². The van der Waals surface area contributed by atoms with E-state index in [9.17, 15) is 0 Å². The third-order valence-corrected chi connectivity index (χ3v) is 1.94. The smallest absolute Gasteiger partial charge is 0.152 e. The standard InChI is InChI=1S/C7H8ClN3/c8-6-4-5-2-1-3-9-7(5)11-10-6/h4H,1-3H2,(H,9,11). The first-order valence-electron chi connectivity index (χ1n) is 3.62. The van der Waals surface area contributed by atoms with E-state index in [2.05, 4.69) is 15.5 Å². The molecule has 4 heteroatoms. The van der Waals surface area contributed by atoms with E-state index in [1.807, 2.05) is 6.07 Å². The average Bonchev–Trinajstić information content (AvgIpc) is 2.04. The fraction of sp³-hybridized carbons (Fsp3) is 0.429. The van der Waals surface area contributed by atoms with Gasteiger partial charge < -0.3 is 5.32 Å². The van der Waals surface area contributed by atoms with Crippen LogP contribution >= 0.6 is 11.6 Å². The van der Waals surface area contributed by atoms with Gasteiger partial charge in [-0.25, -0.2) is 0 Å². The molecular weight excluding hydrogens is 162 g/mol. The van der Waals surface area contributed by atoms with Crippen molar-refractivity contribution in [3.63, 3.8) is 0 Å². The lowest BCUT2D eigenvalue weighted by Gasteiger charge is -2.14. The van der Waals surface area contributed by atoms with Crippen LogP contribution < -0.4 is 5.32 Å². The highest BCUT2D eigenvalue weighted by atomic mass is 35.5. The maximum absolute atomic E-state index is 5.68. The summed E-state index contributed by atoms with van der Waals surface area (Å²) < 4.78 is 0. The Balaban J connectivity index is 2.43. The second-order valence-corrected chi connectivity index (χ2v) is 2.96. The summed E-state index contributed by atoms with van der Waals surface area (Å²) in [6, 6.07) is 1.87. The molecule has 0 fully saturated rings. The third-order valence-electron chi connectivity index (χ3n) is 1.76. The minimum atomic E-state index is 0.479. The first-order valence-corrected chi connectivity index (χ1v) is 4.00. The van der Waals surface area contributed by atoms with Gasteiger partial charge in [0.05, 0.1) is 0 Å². The Morgan fingerprint density at radius 3 is 3.27 bits per heavy atom. The van der Waals surface area contributed by atoms with Gasteiger partial charge in [-0.1, -0.05) is 11.6 Å². The molecule has 0 radical (unpaired) electrons. The van der Waals surface area contributed by atoms with Gasteiger partial charge in [-0.15, -0.1) is 10.2 Å². The van der Waals surface area contributed by atoms with Gasteiger partial charge in [0, 0.05) is 6.54 Å². The Morgan fingerprint density at radius 2 is 2.36 bits per heavy atom. The van der Waals surface area contributed by atoms with E-state index >= 15 is 0 Å². The largest absolute Gasteiger partial charge is 0.368 e. The fourth-order valence-corrected chi connectivity index (χ4v) is 1.40. The minimum Gasteiger partial charge on any atom is -0.368 e. The molecule has 0 bridgehead atoms. The van der Waals surface area contributed by atoms with Crippen LogP contribution in [0.3, 0.4) is 0 Å². The molecule has 0 aliphatic carbocycles. The van der Waals surface area contributed by atoms with Crippen LogP contribution in [0.1, 0.15) is 12.0 Å². The van der Waals surface area contributed by atoms with E-state index in [1.165, 1.54) is 5.56 Å².